The van der Waals surface area contributed by atoms with Gasteiger partial charge >= 0.3 is 0 Å². The molecule has 1 aromatic rings. The summed E-state index contributed by atoms with van der Waals surface area (Å²) in [6.07, 6.45) is 1.95. The molecule has 2 rings (SSSR count). The lowest BCUT2D eigenvalue weighted by Crippen LogP contribution is -2.36. The van der Waals surface area contributed by atoms with Crippen LogP contribution in [-0.2, 0) is 5.60 Å². The number of aliphatic hydroxyl groups is 1. The molecule has 0 heterocycles. The topological polar surface area (TPSA) is 20.2 Å². The fraction of sp³-hybridized carbons (Fsp3) is 0.571. The van der Waals surface area contributed by atoms with E-state index in [4.69, 9.17) is 0 Å². The monoisotopic (exact) mass is 240 g/mol. The van der Waals surface area contributed by atoms with Crippen LogP contribution in [0.15, 0.2) is 18.2 Å². The zero-order valence-electron chi connectivity index (χ0n) is 10.2. The Morgan fingerprint density at radius 2 is 1.94 bits per heavy atom. The van der Waals surface area contributed by atoms with Gasteiger partial charge in [0.2, 0.25) is 0 Å². The van der Waals surface area contributed by atoms with Crippen LogP contribution in [0.2, 0.25) is 0 Å². The third-order valence-electron chi connectivity index (χ3n) is 4.08. The molecular weight excluding hydrogens is 222 g/mol. The molecule has 1 aromatic carbocycles. The van der Waals surface area contributed by atoms with E-state index in [-0.39, 0.29) is 5.56 Å². The smallest absolute Gasteiger partial charge is 0.132 e. The molecule has 0 amide bonds. The first kappa shape index (κ1) is 12.5. The molecule has 1 nitrogen and oxygen atoms in total. The van der Waals surface area contributed by atoms with Crippen LogP contribution in [0.5, 0.6) is 0 Å². The molecule has 17 heavy (non-hydrogen) atoms. The molecule has 1 aliphatic carbocycles. The van der Waals surface area contributed by atoms with Gasteiger partial charge in [0.05, 0.1) is 5.60 Å². The van der Waals surface area contributed by atoms with Crippen molar-refractivity contribution in [2.75, 3.05) is 0 Å². The van der Waals surface area contributed by atoms with Crippen molar-refractivity contribution in [1.82, 2.24) is 0 Å². The summed E-state index contributed by atoms with van der Waals surface area (Å²) < 4.78 is 26.6. The van der Waals surface area contributed by atoms with Crippen LogP contribution in [-0.4, -0.2) is 5.11 Å². The van der Waals surface area contributed by atoms with E-state index < -0.39 is 17.2 Å². The first-order valence-electron chi connectivity index (χ1n) is 6.10. The van der Waals surface area contributed by atoms with E-state index in [0.717, 1.165) is 12.5 Å². The molecule has 1 fully saturated rings. The number of rotatable bonds is 1. The summed E-state index contributed by atoms with van der Waals surface area (Å²) in [6.45, 7) is 4.21. The zero-order valence-corrected chi connectivity index (χ0v) is 10.2. The maximum absolute atomic E-state index is 13.7. The molecule has 0 aliphatic heterocycles. The number of halogens is 2. The van der Waals surface area contributed by atoms with Gasteiger partial charge in [-0.15, -0.1) is 0 Å². The molecule has 0 radical (unpaired) electrons. The van der Waals surface area contributed by atoms with Crippen molar-refractivity contribution in [2.45, 2.75) is 38.7 Å². The Bertz CT molecular complexity index is 419. The Morgan fingerprint density at radius 1 is 1.24 bits per heavy atom. The lowest BCUT2D eigenvalue weighted by atomic mass is 9.70. The van der Waals surface area contributed by atoms with Crippen molar-refractivity contribution in [3.8, 4) is 0 Å². The fourth-order valence-electron chi connectivity index (χ4n) is 2.70. The second-order valence-corrected chi connectivity index (χ2v) is 5.35. The molecule has 94 valence electrons. The van der Waals surface area contributed by atoms with Crippen LogP contribution < -0.4 is 0 Å². The summed E-state index contributed by atoms with van der Waals surface area (Å²) in [5.74, 6) is -0.363. The van der Waals surface area contributed by atoms with Gasteiger partial charge in [-0.3, -0.25) is 0 Å². The molecule has 1 N–H and O–H groups in total. The van der Waals surface area contributed by atoms with Crippen LogP contribution in [0.1, 0.15) is 38.7 Å². The Hall–Kier alpha value is -0.960. The number of benzene rings is 1. The second kappa shape index (κ2) is 4.37. The molecule has 0 aromatic heterocycles. The first-order valence-corrected chi connectivity index (χ1v) is 6.10. The summed E-state index contributed by atoms with van der Waals surface area (Å²) in [6, 6.07) is 3.42. The third-order valence-corrected chi connectivity index (χ3v) is 4.08. The van der Waals surface area contributed by atoms with Crippen molar-refractivity contribution in [1.29, 1.82) is 0 Å². The summed E-state index contributed by atoms with van der Waals surface area (Å²) >= 11 is 0. The first-order chi connectivity index (χ1) is 7.92. The van der Waals surface area contributed by atoms with Crippen molar-refractivity contribution in [3.05, 3.63) is 35.4 Å². The molecule has 3 heteroatoms. The van der Waals surface area contributed by atoms with E-state index in [0.29, 0.717) is 24.7 Å². The summed E-state index contributed by atoms with van der Waals surface area (Å²) in [4.78, 5) is 0. The van der Waals surface area contributed by atoms with Crippen molar-refractivity contribution in [3.63, 3.8) is 0 Å². The van der Waals surface area contributed by atoms with E-state index in [2.05, 4.69) is 13.8 Å². The summed E-state index contributed by atoms with van der Waals surface area (Å²) in [5, 5.41) is 10.5. The van der Waals surface area contributed by atoms with Crippen LogP contribution in [0.4, 0.5) is 8.78 Å². The van der Waals surface area contributed by atoms with Gasteiger partial charge < -0.3 is 5.11 Å². The lowest BCUT2D eigenvalue weighted by molar-refractivity contribution is -0.0362. The predicted octanol–water partition coefficient (Wildman–Crippen LogP) is 3.61. The van der Waals surface area contributed by atoms with Crippen molar-refractivity contribution in [2.24, 2.45) is 11.8 Å². The van der Waals surface area contributed by atoms with Gasteiger partial charge in [0, 0.05) is 11.6 Å². The summed E-state index contributed by atoms with van der Waals surface area (Å²) in [5.41, 5.74) is -0.901. The van der Waals surface area contributed by atoms with Crippen LogP contribution in [0.25, 0.3) is 0 Å². The fourth-order valence-corrected chi connectivity index (χ4v) is 2.70. The Labute approximate surface area is 100 Å². The van der Waals surface area contributed by atoms with Gasteiger partial charge in [-0.1, -0.05) is 19.9 Å². The standard InChI is InChI=1S/C14H18F2O/c1-9-5-6-14(17,8-10(9)2)12-4-3-11(15)7-13(12)16/h3-4,7,9-10,17H,5-6,8H2,1-2H3. The maximum atomic E-state index is 13.7. The number of hydrogen-bond donors (Lipinski definition) is 1. The second-order valence-electron chi connectivity index (χ2n) is 5.35. The molecule has 0 saturated heterocycles. The van der Waals surface area contributed by atoms with E-state index in [1.807, 2.05) is 0 Å². The molecule has 0 spiro atoms. The average Bonchev–Trinajstić information content (AvgIpc) is 2.24. The highest BCUT2D eigenvalue weighted by atomic mass is 19.1. The highest BCUT2D eigenvalue weighted by Gasteiger charge is 2.38. The average molecular weight is 240 g/mol. The van der Waals surface area contributed by atoms with Crippen LogP contribution in [0, 0.1) is 23.5 Å². The van der Waals surface area contributed by atoms with E-state index in [9.17, 15) is 13.9 Å². The lowest BCUT2D eigenvalue weighted by Gasteiger charge is -2.39. The normalized spacial score (nSPS) is 33.7. The zero-order chi connectivity index (χ0) is 12.6. The molecule has 3 unspecified atom stereocenters. The van der Waals surface area contributed by atoms with E-state index in [1.165, 1.54) is 12.1 Å². The van der Waals surface area contributed by atoms with Crippen molar-refractivity contribution >= 4 is 0 Å². The van der Waals surface area contributed by atoms with Crippen molar-refractivity contribution < 1.29 is 13.9 Å². The minimum absolute atomic E-state index is 0.234. The highest BCUT2D eigenvalue weighted by molar-refractivity contribution is 5.25. The Balaban J connectivity index is 2.32. The highest BCUT2D eigenvalue weighted by Crippen LogP contribution is 2.43. The SMILES string of the molecule is CC1CCC(O)(c2ccc(F)cc2F)CC1C. The molecule has 0 bridgehead atoms. The van der Waals surface area contributed by atoms with Gasteiger partial charge in [0.15, 0.2) is 0 Å². The van der Waals surface area contributed by atoms with Gasteiger partial charge in [-0.2, -0.15) is 0 Å². The minimum Gasteiger partial charge on any atom is -0.385 e. The summed E-state index contributed by atoms with van der Waals surface area (Å²) in [7, 11) is 0. The molecular formula is C14H18F2O. The van der Waals surface area contributed by atoms with Gasteiger partial charge in [-0.05, 0) is 37.2 Å². The maximum Gasteiger partial charge on any atom is 0.132 e. The molecule has 1 aliphatic rings. The third kappa shape index (κ3) is 2.34. The van der Waals surface area contributed by atoms with Gasteiger partial charge in [0.1, 0.15) is 11.6 Å². The minimum atomic E-state index is -1.14. The van der Waals surface area contributed by atoms with Gasteiger partial charge in [-0.25, -0.2) is 8.78 Å². The molecule has 1 saturated carbocycles. The predicted molar refractivity (Wildman–Crippen MR) is 62.4 cm³/mol. The quantitative estimate of drug-likeness (QED) is 0.795. The molecule has 3 atom stereocenters. The van der Waals surface area contributed by atoms with Crippen LogP contribution >= 0.6 is 0 Å². The Morgan fingerprint density at radius 3 is 2.53 bits per heavy atom. The Kier molecular flexibility index (Phi) is 3.21. The number of hydrogen-bond acceptors (Lipinski definition) is 1. The van der Waals surface area contributed by atoms with Crippen LogP contribution in [0.3, 0.4) is 0 Å². The van der Waals surface area contributed by atoms with Gasteiger partial charge in [0.25, 0.3) is 0 Å². The largest absolute Gasteiger partial charge is 0.385 e. The van der Waals surface area contributed by atoms with E-state index in [1.54, 1.807) is 0 Å². The van der Waals surface area contributed by atoms with E-state index >= 15 is 0 Å².